The van der Waals surface area contributed by atoms with Gasteiger partial charge in [0, 0.05) is 34.8 Å². The van der Waals surface area contributed by atoms with Gasteiger partial charge in [0.05, 0.1) is 22.9 Å². The molecule has 2 aliphatic heterocycles. The summed E-state index contributed by atoms with van der Waals surface area (Å²) in [6.07, 6.45) is 0.995. The van der Waals surface area contributed by atoms with Crippen LogP contribution < -0.4 is 15.5 Å². The number of nitrogens with one attached hydrogen (secondary N) is 2. The van der Waals surface area contributed by atoms with E-state index in [1.54, 1.807) is 32.0 Å². The monoisotopic (exact) mass is 552 g/mol. The molecule has 9 nitrogen and oxygen atoms in total. The van der Waals surface area contributed by atoms with Crippen LogP contribution in [0.2, 0.25) is 5.02 Å². The molecule has 1 radical (unpaired) electrons. The minimum atomic E-state index is -0.786. The Balaban J connectivity index is 1.33. The van der Waals surface area contributed by atoms with Gasteiger partial charge in [0.2, 0.25) is 17.7 Å². The van der Waals surface area contributed by atoms with E-state index in [0.29, 0.717) is 47.9 Å². The normalized spacial score (nSPS) is 20.2. The third-order valence-electron chi connectivity index (χ3n) is 7.45. The van der Waals surface area contributed by atoms with Crippen LogP contribution in [0.5, 0.6) is 0 Å². The van der Waals surface area contributed by atoms with Gasteiger partial charge >= 0.3 is 0 Å². The van der Waals surface area contributed by atoms with E-state index in [-0.39, 0.29) is 30.8 Å². The average Bonchev–Trinajstić information content (AvgIpc) is 2.98. The first kappa shape index (κ1) is 28.7. The number of hydrogen-bond donors (Lipinski definition) is 2. The quantitative estimate of drug-likeness (QED) is 0.489. The topological polar surface area (TPSA) is 114 Å². The predicted molar refractivity (Wildman–Crippen MR) is 150 cm³/mol. The van der Waals surface area contributed by atoms with E-state index in [1.807, 2.05) is 44.2 Å². The number of anilines is 1. The molecule has 0 spiro atoms. The van der Waals surface area contributed by atoms with Crippen LogP contribution in [0.25, 0.3) is 0 Å². The van der Waals surface area contributed by atoms with Gasteiger partial charge in [-0.2, -0.15) is 0 Å². The van der Waals surface area contributed by atoms with Gasteiger partial charge in [0.25, 0.3) is 0 Å². The summed E-state index contributed by atoms with van der Waals surface area (Å²) in [6.45, 7) is 7.72. The largest absolute Gasteiger partial charge is 0.356 e. The highest BCUT2D eigenvalue weighted by Crippen LogP contribution is 2.43. The van der Waals surface area contributed by atoms with Gasteiger partial charge in [0.15, 0.2) is 0 Å². The fourth-order valence-corrected chi connectivity index (χ4v) is 5.59. The zero-order valence-corrected chi connectivity index (χ0v) is 23.5. The Hall–Kier alpha value is -3.27. The van der Waals surface area contributed by atoms with Crippen LogP contribution in [-0.2, 0) is 19.6 Å². The molecule has 1 fully saturated rings. The minimum absolute atomic E-state index is 0.0923. The first-order valence-electron chi connectivity index (χ1n) is 13.1. The first-order chi connectivity index (χ1) is 18.4. The molecular formula is C29H35ClN5O4. The van der Waals surface area contributed by atoms with E-state index in [2.05, 4.69) is 15.6 Å². The second-order valence-electron chi connectivity index (χ2n) is 11.2. The van der Waals surface area contributed by atoms with Crippen LogP contribution in [0, 0.1) is 5.92 Å². The maximum absolute atomic E-state index is 13.0. The maximum atomic E-state index is 13.0. The standard InChI is InChI=1S/C29H35ClN5O4/c1-28(2)16-22(29(3,4)35(28)39)27(38)32-14-8-13-31-24(36)18-34-23-12-11-20(30)15-21(23)26(33-17-25(34)37)19-9-6-5-7-10-19/h5-7,9-12,15,22H,8,13-14,16-18H2,1-4H3,(H,31,36)(H,32,38). The number of nitrogens with zero attached hydrogens (tertiary/aromatic N) is 3. The summed E-state index contributed by atoms with van der Waals surface area (Å²) in [7, 11) is 0. The van der Waals surface area contributed by atoms with Crippen molar-refractivity contribution in [3.63, 3.8) is 0 Å². The predicted octanol–water partition coefficient (Wildman–Crippen LogP) is 3.37. The molecule has 4 rings (SSSR count). The Morgan fingerprint density at radius 2 is 1.74 bits per heavy atom. The minimum Gasteiger partial charge on any atom is -0.356 e. The third kappa shape index (κ3) is 6.16. The van der Waals surface area contributed by atoms with Crippen molar-refractivity contribution in [2.75, 3.05) is 31.1 Å². The van der Waals surface area contributed by atoms with Gasteiger partial charge in [-0.1, -0.05) is 41.9 Å². The summed E-state index contributed by atoms with van der Waals surface area (Å²) >= 11 is 6.29. The van der Waals surface area contributed by atoms with E-state index in [1.165, 1.54) is 4.90 Å². The molecule has 2 aromatic carbocycles. The molecule has 207 valence electrons. The highest BCUT2D eigenvalue weighted by atomic mass is 35.5. The molecule has 1 unspecified atom stereocenters. The fourth-order valence-electron chi connectivity index (χ4n) is 5.42. The number of hydrogen-bond acceptors (Lipinski definition) is 5. The average molecular weight is 553 g/mol. The van der Waals surface area contributed by atoms with Gasteiger partial charge in [0.1, 0.15) is 13.1 Å². The number of benzene rings is 2. The molecule has 3 amide bonds. The Morgan fingerprint density at radius 3 is 2.41 bits per heavy atom. The molecule has 0 aliphatic carbocycles. The Labute approximate surface area is 234 Å². The first-order valence-corrected chi connectivity index (χ1v) is 13.5. The van der Waals surface area contributed by atoms with Crippen molar-refractivity contribution in [2.24, 2.45) is 10.9 Å². The Kier molecular flexibility index (Phi) is 8.44. The lowest BCUT2D eigenvalue weighted by molar-refractivity contribution is -0.247. The van der Waals surface area contributed by atoms with Crippen molar-refractivity contribution < 1.29 is 19.6 Å². The van der Waals surface area contributed by atoms with Crippen LogP contribution in [0.3, 0.4) is 0 Å². The Bertz CT molecular complexity index is 1280. The molecule has 10 heteroatoms. The zero-order chi connectivity index (χ0) is 28.4. The number of benzodiazepines with no additional fused rings is 1. The number of hydroxylamine groups is 2. The fraction of sp³-hybridized carbons (Fsp3) is 0.448. The SMILES string of the molecule is CC1(C)CC(C(=O)NCCCNC(=O)CN2C(=O)CN=C(c3ccccc3)c3cc(Cl)ccc32)C(C)(C)N1[O]. The number of fused-ring (bicyclic) bond motifs is 1. The van der Waals surface area contributed by atoms with Gasteiger partial charge in [-0.25, -0.2) is 0 Å². The lowest BCUT2D eigenvalue weighted by Crippen LogP contribution is -2.49. The van der Waals surface area contributed by atoms with E-state index in [9.17, 15) is 19.6 Å². The van der Waals surface area contributed by atoms with Crippen molar-refractivity contribution in [3.8, 4) is 0 Å². The second-order valence-corrected chi connectivity index (χ2v) is 11.6. The highest BCUT2D eigenvalue weighted by Gasteiger charge is 2.55. The molecule has 0 aromatic heterocycles. The van der Waals surface area contributed by atoms with Gasteiger partial charge in [-0.05, 0) is 58.7 Å². The molecule has 1 saturated heterocycles. The Morgan fingerprint density at radius 1 is 1.05 bits per heavy atom. The number of rotatable bonds is 8. The van der Waals surface area contributed by atoms with Crippen molar-refractivity contribution in [1.29, 1.82) is 0 Å². The van der Waals surface area contributed by atoms with Crippen LogP contribution >= 0.6 is 11.6 Å². The number of carbonyl (C=O) groups excluding carboxylic acids is 3. The van der Waals surface area contributed by atoms with Gasteiger partial charge in [-0.3, -0.25) is 19.4 Å². The summed E-state index contributed by atoms with van der Waals surface area (Å²) in [5, 5.41) is 19.8. The molecule has 2 heterocycles. The number of carbonyl (C=O) groups is 3. The molecular weight excluding hydrogens is 518 g/mol. The molecule has 2 aliphatic rings. The second kappa shape index (κ2) is 11.5. The number of aliphatic imine (C=N–C) groups is 1. The van der Waals surface area contributed by atoms with Crippen molar-refractivity contribution in [1.82, 2.24) is 15.7 Å². The number of amides is 3. The summed E-state index contributed by atoms with van der Waals surface area (Å²) in [4.78, 5) is 44.5. The number of halogens is 1. The van der Waals surface area contributed by atoms with Crippen LogP contribution in [0.15, 0.2) is 53.5 Å². The van der Waals surface area contributed by atoms with Crippen LogP contribution in [0.4, 0.5) is 5.69 Å². The highest BCUT2D eigenvalue weighted by molar-refractivity contribution is 6.32. The maximum Gasteiger partial charge on any atom is 0.249 e. The molecule has 39 heavy (non-hydrogen) atoms. The summed E-state index contributed by atoms with van der Waals surface area (Å²) in [5.74, 6) is -1.18. The van der Waals surface area contributed by atoms with Crippen molar-refractivity contribution in [2.45, 2.75) is 51.6 Å². The smallest absolute Gasteiger partial charge is 0.249 e. The van der Waals surface area contributed by atoms with Gasteiger partial charge < -0.3 is 15.5 Å². The molecule has 0 saturated carbocycles. The van der Waals surface area contributed by atoms with E-state index in [0.717, 1.165) is 10.6 Å². The molecule has 1 atom stereocenters. The molecule has 2 N–H and O–H groups in total. The van der Waals surface area contributed by atoms with E-state index in [4.69, 9.17) is 11.6 Å². The van der Waals surface area contributed by atoms with Crippen LogP contribution in [0.1, 0.15) is 51.7 Å². The molecule has 2 aromatic rings. The lowest BCUT2D eigenvalue weighted by Gasteiger charge is -2.33. The molecule has 0 bridgehead atoms. The zero-order valence-electron chi connectivity index (χ0n) is 22.8. The van der Waals surface area contributed by atoms with Crippen molar-refractivity contribution >= 4 is 40.7 Å². The third-order valence-corrected chi connectivity index (χ3v) is 7.68. The summed E-state index contributed by atoms with van der Waals surface area (Å²) < 4.78 is 0. The summed E-state index contributed by atoms with van der Waals surface area (Å²) in [5.41, 5.74) is 1.38. The summed E-state index contributed by atoms with van der Waals surface area (Å²) in [6, 6.07) is 14.7. The van der Waals surface area contributed by atoms with E-state index >= 15 is 0 Å². The van der Waals surface area contributed by atoms with Gasteiger partial charge in [-0.15, -0.1) is 10.3 Å². The lowest BCUT2D eigenvalue weighted by atomic mass is 9.86. The van der Waals surface area contributed by atoms with Crippen molar-refractivity contribution in [3.05, 3.63) is 64.7 Å². The van der Waals surface area contributed by atoms with Crippen LogP contribution in [-0.4, -0.2) is 65.8 Å². The van der Waals surface area contributed by atoms with E-state index < -0.39 is 17.0 Å².